The Morgan fingerprint density at radius 3 is 2.64 bits per heavy atom. The summed E-state index contributed by atoms with van der Waals surface area (Å²) in [5.41, 5.74) is 0.790. The maximum atomic E-state index is 13.8. The Morgan fingerprint density at radius 2 is 2.04 bits per heavy atom. The molecule has 0 aliphatic carbocycles. The Hall–Kier alpha value is -2.55. The van der Waals surface area contributed by atoms with Crippen molar-refractivity contribution < 1.29 is 18.8 Å². The molecular formula is C21H19FN2O3S. The first kappa shape index (κ1) is 20.2. The van der Waals surface area contributed by atoms with E-state index in [4.69, 9.17) is 10.00 Å². The van der Waals surface area contributed by atoms with E-state index >= 15 is 0 Å². The molecule has 2 aromatic rings. The van der Waals surface area contributed by atoms with Gasteiger partial charge in [-0.05, 0) is 43.3 Å². The first-order chi connectivity index (χ1) is 13.5. The van der Waals surface area contributed by atoms with Gasteiger partial charge >= 0.3 is 0 Å². The van der Waals surface area contributed by atoms with E-state index in [1.54, 1.807) is 29.4 Å². The van der Waals surface area contributed by atoms with Gasteiger partial charge in [0.1, 0.15) is 23.7 Å². The molecule has 0 radical (unpaired) electrons. The molecule has 0 aromatic heterocycles. The quantitative estimate of drug-likeness (QED) is 0.618. The van der Waals surface area contributed by atoms with E-state index < -0.39 is 23.3 Å². The Morgan fingerprint density at radius 1 is 1.29 bits per heavy atom. The first-order valence-corrected chi connectivity index (χ1v) is 9.83. The minimum Gasteiger partial charge on any atom is -0.593 e. The van der Waals surface area contributed by atoms with Crippen molar-refractivity contribution in [3.8, 4) is 23.7 Å². The van der Waals surface area contributed by atoms with Gasteiger partial charge in [-0.2, -0.15) is 5.26 Å². The zero-order valence-corrected chi connectivity index (χ0v) is 16.1. The number of nitriles is 1. The lowest BCUT2D eigenvalue weighted by atomic mass is 10.1. The third kappa shape index (κ3) is 4.46. The minimum absolute atomic E-state index is 0.0589. The molecule has 0 spiro atoms. The van der Waals surface area contributed by atoms with Crippen LogP contribution in [0.1, 0.15) is 18.1 Å². The second-order valence-electron chi connectivity index (χ2n) is 6.35. The van der Waals surface area contributed by atoms with E-state index in [-0.39, 0.29) is 23.8 Å². The zero-order valence-electron chi connectivity index (χ0n) is 15.3. The summed E-state index contributed by atoms with van der Waals surface area (Å²) in [5, 5.41) is 18.5. The molecule has 7 heteroatoms. The fraction of sp³-hybridized carbons (Fsp3) is 0.286. The molecule has 0 amide bonds. The van der Waals surface area contributed by atoms with Crippen LogP contribution >= 0.6 is 0 Å². The van der Waals surface area contributed by atoms with Crippen LogP contribution in [0.25, 0.3) is 0 Å². The van der Waals surface area contributed by atoms with Crippen molar-refractivity contribution in [2.24, 2.45) is 5.92 Å². The predicted octanol–water partition coefficient (Wildman–Crippen LogP) is 2.46. The van der Waals surface area contributed by atoms with Crippen molar-refractivity contribution >= 4 is 11.4 Å². The normalized spacial score (nSPS) is 20.1. The third-order valence-electron chi connectivity index (χ3n) is 4.49. The molecule has 1 fully saturated rings. The van der Waals surface area contributed by atoms with E-state index in [0.29, 0.717) is 18.0 Å². The van der Waals surface area contributed by atoms with Crippen molar-refractivity contribution in [2.75, 3.05) is 19.7 Å². The van der Waals surface area contributed by atoms with Gasteiger partial charge in [0.25, 0.3) is 0 Å². The summed E-state index contributed by atoms with van der Waals surface area (Å²) in [4.78, 5) is 0.642. The summed E-state index contributed by atoms with van der Waals surface area (Å²) in [5.74, 6) is 5.11. The minimum atomic E-state index is -1.40. The van der Waals surface area contributed by atoms with Gasteiger partial charge in [0.15, 0.2) is 4.90 Å². The summed E-state index contributed by atoms with van der Waals surface area (Å²) in [7, 11) is 0. The molecule has 0 saturated carbocycles. The number of hydrogen-bond donors (Lipinski definition) is 1. The standard InChI is InChI=1S/C21H19FN2O3S/c1-2-3-15-4-8-19(9-5-15)28(26)24-12-17(14-25)21(13-24)27-18-7-6-16(11-23)20(22)10-18/h4-10,17,21,25H,12-14H2,1H3/t17?,21-,28?/m0/s1. The molecular weight excluding hydrogens is 379 g/mol. The molecule has 5 nitrogen and oxygen atoms in total. The van der Waals surface area contributed by atoms with Gasteiger partial charge in [0.2, 0.25) is 0 Å². The molecule has 3 atom stereocenters. The van der Waals surface area contributed by atoms with E-state index in [1.165, 1.54) is 12.1 Å². The molecule has 1 saturated heterocycles. The van der Waals surface area contributed by atoms with E-state index in [0.717, 1.165) is 11.6 Å². The summed E-state index contributed by atoms with van der Waals surface area (Å²) in [6, 6.07) is 13.0. The summed E-state index contributed by atoms with van der Waals surface area (Å²) in [6.07, 6.45) is -0.438. The number of nitrogens with zero attached hydrogens (tertiary/aromatic N) is 2. The highest BCUT2D eigenvalue weighted by Gasteiger charge is 2.40. The average molecular weight is 398 g/mol. The molecule has 1 aliphatic rings. The van der Waals surface area contributed by atoms with Crippen LogP contribution in [0.2, 0.25) is 0 Å². The highest BCUT2D eigenvalue weighted by Crippen LogP contribution is 2.28. The van der Waals surface area contributed by atoms with Crippen molar-refractivity contribution in [3.63, 3.8) is 0 Å². The fourth-order valence-corrected chi connectivity index (χ4v) is 4.31. The maximum Gasteiger partial charge on any atom is 0.174 e. The Bertz CT molecular complexity index is 933. The largest absolute Gasteiger partial charge is 0.593 e. The number of halogens is 1. The Labute approximate surface area is 166 Å². The van der Waals surface area contributed by atoms with Gasteiger partial charge in [0, 0.05) is 17.5 Å². The van der Waals surface area contributed by atoms with Crippen LogP contribution in [0.5, 0.6) is 5.75 Å². The van der Waals surface area contributed by atoms with Gasteiger partial charge in [-0.3, -0.25) is 0 Å². The van der Waals surface area contributed by atoms with E-state index in [9.17, 15) is 14.0 Å². The molecule has 1 aliphatic heterocycles. The van der Waals surface area contributed by atoms with E-state index in [2.05, 4.69) is 11.8 Å². The summed E-state index contributed by atoms with van der Waals surface area (Å²) < 4.78 is 34.2. The zero-order chi connectivity index (χ0) is 20.1. The van der Waals surface area contributed by atoms with Crippen LogP contribution in [0.3, 0.4) is 0 Å². The van der Waals surface area contributed by atoms with Crippen LogP contribution in [0.4, 0.5) is 4.39 Å². The third-order valence-corrected chi connectivity index (χ3v) is 5.93. The number of benzene rings is 2. The van der Waals surface area contributed by atoms with Crippen molar-refractivity contribution in [2.45, 2.75) is 17.9 Å². The van der Waals surface area contributed by atoms with Crippen LogP contribution in [0.15, 0.2) is 47.4 Å². The monoisotopic (exact) mass is 398 g/mol. The molecule has 28 heavy (non-hydrogen) atoms. The molecule has 0 bridgehead atoms. The van der Waals surface area contributed by atoms with Crippen LogP contribution in [-0.4, -0.2) is 39.8 Å². The molecule has 2 aromatic carbocycles. The van der Waals surface area contributed by atoms with Gasteiger partial charge in [-0.15, -0.1) is 10.2 Å². The topological polar surface area (TPSA) is 79.6 Å². The molecule has 2 unspecified atom stereocenters. The Balaban J connectivity index is 1.71. The summed E-state index contributed by atoms with van der Waals surface area (Å²) in [6.45, 7) is 2.34. The Kier molecular flexibility index (Phi) is 6.56. The summed E-state index contributed by atoms with van der Waals surface area (Å²) >= 11 is -1.40. The van der Waals surface area contributed by atoms with Gasteiger partial charge in [0.05, 0.1) is 36.6 Å². The number of aliphatic hydroxyl groups excluding tert-OH is 1. The highest BCUT2D eigenvalue weighted by atomic mass is 32.2. The molecule has 144 valence electrons. The van der Waals surface area contributed by atoms with Crippen LogP contribution in [0, 0.1) is 34.9 Å². The molecule has 1 heterocycles. The lowest BCUT2D eigenvalue weighted by Gasteiger charge is -2.19. The number of aliphatic hydroxyl groups is 1. The van der Waals surface area contributed by atoms with Gasteiger partial charge in [-0.1, -0.05) is 5.92 Å². The first-order valence-electron chi connectivity index (χ1n) is 8.72. The number of ether oxygens (including phenoxy) is 1. The molecule has 3 rings (SSSR count). The second kappa shape index (κ2) is 9.09. The maximum absolute atomic E-state index is 13.8. The molecule has 1 N–H and O–H groups in total. The van der Waals surface area contributed by atoms with Crippen molar-refractivity contribution in [1.82, 2.24) is 4.31 Å². The highest BCUT2D eigenvalue weighted by molar-refractivity contribution is 7.89. The fourth-order valence-electron chi connectivity index (χ4n) is 3.03. The smallest absolute Gasteiger partial charge is 0.174 e. The van der Waals surface area contributed by atoms with Crippen molar-refractivity contribution in [3.05, 3.63) is 59.4 Å². The van der Waals surface area contributed by atoms with Gasteiger partial charge in [-0.25, -0.2) is 4.39 Å². The lowest BCUT2D eigenvalue weighted by Crippen LogP contribution is -2.31. The van der Waals surface area contributed by atoms with Crippen molar-refractivity contribution in [1.29, 1.82) is 5.26 Å². The predicted molar refractivity (Wildman–Crippen MR) is 103 cm³/mol. The SMILES string of the molecule is CC#Cc1ccc([S+]([O-])N2CC(CO)[C@@H](Oc3ccc(C#N)c(F)c3)C2)cc1. The van der Waals surface area contributed by atoms with E-state index in [1.807, 2.05) is 12.1 Å². The average Bonchev–Trinajstić information content (AvgIpc) is 3.11. The lowest BCUT2D eigenvalue weighted by molar-refractivity contribution is 0.122. The second-order valence-corrected chi connectivity index (χ2v) is 7.83. The van der Waals surface area contributed by atoms with Gasteiger partial charge < -0.3 is 14.4 Å². The van der Waals surface area contributed by atoms with Crippen LogP contribution < -0.4 is 4.74 Å². The van der Waals surface area contributed by atoms with Crippen LogP contribution in [-0.2, 0) is 11.4 Å². The number of hydrogen-bond acceptors (Lipinski definition) is 5. The number of rotatable bonds is 5.